The van der Waals surface area contributed by atoms with Gasteiger partial charge < -0.3 is 4.74 Å². The smallest absolute Gasteiger partial charge is 0.417 e. The van der Waals surface area contributed by atoms with Gasteiger partial charge in [0.1, 0.15) is 17.3 Å². The summed E-state index contributed by atoms with van der Waals surface area (Å²) in [6.07, 6.45) is -4.77. The first-order valence-corrected chi connectivity index (χ1v) is 8.07. The standard InChI is InChI=1S/C17H12ClF4N3O2/c1-2-27-16(26)24-15-13(9-3-5-11(19)6-4-9)23-14-12(18)7-10(8-25(14)15)17(20,21)22/h3-8H,2H2,1H3,(H,24,26). The fourth-order valence-corrected chi connectivity index (χ4v) is 2.70. The molecule has 5 nitrogen and oxygen atoms in total. The van der Waals surface area contributed by atoms with Crippen LogP contribution in [0.3, 0.4) is 0 Å². The summed E-state index contributed by atoms with van der Waals surface area (Å²) in [5.74, 6) is -0.581. The lowest BCUT2D eigenvalue weighted by atomic mass is 10.1. The van der Waals surface area contributed by atoms with E-state index in [2.05, 4.69) is 10.3 Å². The number of amides is 1. The SMILES string of the molecule is CCOC(=O)Nc1c(-c2ccc(F)cc2)nc2c(Cl)cc(C(F)(F)F)cn12. The lowest BCUT2D eigenvalue weighted by Gasteiger charge is -2.11. The number of hydrogen-bond donors (Lipinski definition) is 1. The van der Waals surface area contributed by atoms with Gasteiger partial charge in [0.2, 0.25) is 0 Å². The third-order valence-corrected chi connectivity index (χ3v) is 3.89. The molecule has 1 N–H and O–H groups in total. The van der Waals surface area contributed by atoms with Gasteiger partial charge in [-0.1, -0.05) is 11.6 Å². The Bertz CT molecular complexity index is 1000. The molecule has 0 atom stereocenters. The third-order valence-electron chi connectivity index (χ3n) is 3.62. The van der Waals surface area contributed by atoms with Crippen molar-refractivity contribution in [1.82, 2.24) is 9.38 Å². The Morgan fingerprint density at radius 3 is 2.56 bits per heavy atom. The second-order valence-corrected chi connectivity index (χ2v) is 5.84. The van der Waals surface area contributed by atoms with E-state index in [1.807, 2.05) is 0 Å². The summed E-state index contributed by atoms with van der Waals surface area (Å²) in [5.41, 5.74) is -0.536. The van der Waals surface area contributed by atoms with Gasteiger partial charge in [0.05, 0.1) is 17.2 Å². The molecule has 1 amide bonds. The lowest BCUT2D eigenvalue weighted by molar-refractivity contribution is -0.137. The van der Waals surface area contributed by atoms with Crippen molar-refractivity contribution in [2.75, 3.05) is 11.9 Å². The molecule has 0 spiro atoms. The van der Waals surface area contributed by atoms with Crippen LogP contribution in [0.1, 0.15) is 12.5 Å². The number of fused-ring (bicyclic) bond motifs is 1. The number of anilines is 1. The first-order chi connectivity index (χ1) is 12.7. The average Bonchev–Trinajstić information content (AvgIpc) is 2.94. The van der Waals surface area contributed by atoms with E-state index in [-0.39, 0.29) is 28.8 Å². The number of carbonyl (C=O) groups excluding carboxylic acids is 1. The summed E-state index contributed by atoms with van der Waals surface area (Å²) in [5, 5.41) is 2.11. The van der Waals surface area contributed by atoms with Crippen molar-refractivity contribution in [3.63, 3.8) is 0 Å². The second-order valence-electron chi connectivity index (χ2n) is 5.43. The Labute approximate surface area is 155 Å². The number of carbonyl (C=O) groups is 1. The number of aromatic nitrogens is 2. The highest BCUT2D eigenvalue weighted by Gasteiger charge is 2.33. The Morgan fingerprint density at radius 1 is 1.30 bits per heavy atom. The van der Waals surface area contributed by atoms with Gasteiger partial charge in [0, 0.05) is 11.8 Å². The van der Waals surface area contributed by atoms with Crippen molar-refractivity contribution < 1.29 is 27.1 Å². The monoisotopic (exact) mass is 401 g/mol. The Morgan fingerprint density at radius 2 is 1.96 bits per heavy atom. The van der Waals surface area contributed by atoms with Crippen LogP contribution in [0.25, 0.3) is 16.9 Å². The van der Waals surface area contributed by atoms with Gasteiger partial charge in [-0.15, -0.1) is 0 Å². The number of imidazole rings is 1. The number of hydrogen-bond acceptors (Lipinski definition) is 3. The maximum atomic E-state index is 13.2. The molecule has 0 saturated carbocycles. The van der Waals surface area contributed by atoms with E-state index < -0.39 is 23.7 Å². The maximum absolute atomic E-state index is 13.2. The van der Waals surface area contributed by atoms with Crippen molar-refractivity contribution in [2.45, 2.75) is 13.1 Å². The first kappa shape index (κ1) is 19.0. The van der Waals surface area contributed by atoms with Gasteiger partial charge >= 0.3 is 12.3 Å². The van der Waals surface area contributed by atoms with Crippen molar-refractivity contribution in [3.8, 4) is 11.3 Å². The molecule has 0 fully saturated rings. The molecule has 3 rings (SSSR count). The highest BCUT2D eigenvalue weighted by molar-refractivity contribution is 6.33. The molecule has 0 aliphatic rings. The van der Waals surface area contributed by atoms with Crippen LogP contribution in [-0.4, -0.2) is 22.1 Å². The largest absolute Gasteiger partial charge is 0.450 e. The molecule has 10 heteroatoms. The molecule has 0 unspecified atom stereocenters. The van der Waals surface area contributed by atoms with Crippen LogP contribution in [0.15, 0.2) is 36.5 Å². The van der Waals surface area contributed by atoms with E-state index in [0.717, 1.165) is 28.8 Å². The van der Waals surface area contributed by atoms with Crippen LogP contribution >= 0.6 is 11.6 Å². The normalized spacial score (nSPS) is 11.6. The molecule has 0 aliphatic carbocycles. The zero-order valence-corrected chi connectivity index (χ0v) is 14.5. The summed E-state index contributed by atoms with van der Waals surface area (Å²) in [6, 6.07) is 5.83. The van der Waals surface area contributed by atoms with E-state index in [1.54, 1.807) is 6.92 Å². The molecule has 0 bridgehead atoms. The summed E-state index contributed by atoms with van der Waals surface area (Å²) in [6.45, 7) is 1.64. The Balaban J connectivity index is 2.25. The molecular weight excluding hydrogens is 390 g/mol. The summed E-state index contributed by atoms with van der Waals surface area (Å²) in [7, 11) is 0. The van der Waals surface area contributed by atoms with Crippen molar-refractivity contribution in [2.24, 2.45) is 0 Å². The molecule has 3 aromatic rings. The van der Waals surface area contributed by atoms with Gasteiger partial charge in [-0.05, 0) is 37.3 Å². The van der Waals surface area contributed by atoms with Gasteiger partial charge in [0.15, 0.2) is 5.65 Å². The van der Waals surface area contributed by atoms with Crippen LogP contribution in [0.5, 0.6) is 0 Å². The first-order valence-electron chi connectivity index (χ1n) is 7.69. The minimum atomic E-state index is -4.65. The lowest BCUT2D eigenvalue weighted by Crippen LogP contribution is -2.16. The molecular formula is C17H12ClF4N3O2. The molecule has 0 radical (unpaired) electrons. The predicted molar refractivity (Wildman–Crippen MR) is 91.2 cm³/mol. The molecule has 142 valence electrons. The van der Waals surface area contributed by atoms with Crippen molar-refractivity contribution in [3.05, 3.63) is 52.9 Å². The minimum Gasteiger partial charge on any atom is -0.450 e. The quantitative estimate of drug-likeness (QED) is 0.599. The molecule has 2 aromatic heterocycles. The number of pyridine rings is 1. The van der Waals surface area contributed by atoms with E-state index in [9.17, 15) is 22.4 Å². The van der Waals surface area contributed by atoms with Crippen LogP contribution in [0.4, 0.5) is 28.2 Å². The number of rotatable bonds is 3. The second kappa shape index (κ2) is 7.07. The van der Waals surface area contributed by atoms with Gasteiger partial charge in [0.25, 0.3) is 0 Å². The zero-order valence-electron chi connectivity index (χ0n) is 13.8. The number of benzene rings is 1. The van der Waals surface area contributed by atoms with Gasteiger partial charge in [-0.2, -0.15) is 13.2 Å². The Hall–Kier alpha value is -2.81. The van der Waals surface area contributed by atoms with Crippen LogP contribution in [0, 0.1) is 5.82 Å². The van der Waals surface area contributed by atoms with Crippen LogP contribution in [0.2, 0.25) is 5.02 Å². The fraction of sp³-hybridized carbons (Fsp3) is 0.176. The highest BCUT2D eigenvalue weighted by atomic mass is 35.5. The summed E-state index contributed by atoms with van der Waals surface area (Å²) < 4.78 is 58.4. The van der Waals surface area contributed by atoms with Crippen molar-refractivity contribution >= 4 is 29.2 Å². The molecule has 27 heavy (non-hydrogen) atoms. The number of halogens is 5. The molecule has 0 saturated heterocycles. The van der Waals surface area contributed by atoms with E-state index in [4.69, 9.17) is 16.3 Å². The number of nitrogens with zero attached hydrogens (tertiary/aromatic N) is 2. The van der Waals surface area contributed by atoms with E-state index in [1.165, 1.54) is 12.1 Å². The molecule has 0 aliphatic heterocycles. The fourth-order valence-electron chi connectivity index (χ4n) is 2.45. The zero-order chi connectivity index (χ0) is 19.8. The third kappa shape index (κ3) is 3.82. The van der Waals surface area contributed by atoms with E-state index in [0.29, 0.717) is 5.56 Å². The number of nitrogens with one attached hydrogen (secondary N) is 1. The summed E-state index contributed by atoms with van der Waals surface area (Å²) >= 11 is 5.98. The van der Waals surface area contributed by atoms with Gasteiger partial charge in [-0.25, -0.2) is 14.2 Å². The number of alkyl halides is 3. The summed E-state index contributed by atoms with van der Waals surface area (Å²) in [4.78, 5) is 16.1. The predicted octanol–water partition coefficient (Wildman–Crippen LogP) is 5.38. The molecule has 2 heterocycles. The van der Waals surface area contributed by atoms with Crippen LogP contribution < -0.4 is 5.32 Å². The number of ether oxygens (including phenoxy) is 1. The Kier molecular flexibility index (Phi) is 4.97. The maximum Gasteiger partial charge on any atom is 0.417 e. The molecule has 1 aromatic carbocycles. The minimum absolute atomic E-state index is 0.00390. The van der Waals surface area contributed by atoms with Crippen molar-refractivity contribution in [1.29, 1.82) is 0 Å². The van der Waals surface area contributed by atoms with E-state index >= 15 is 0 Å². The topological polar surface area (TPSA) is 55.6 Å². The van der Waals surface area contributed by atoms with Gasteiger partial charge in [-0.3, -0.25) is 9.72 Å². The average molecular weight is 402 g/mol. The van der Waals surface area contributed by atoms with Crippen LogP contribution in [-0.2, 0) is 10.9 Å². The highest BCUT2D eigenvalue weighted by Crippen LogP contribution is 2.36.